The zero-order valence-corrected chi connectivity index (χ0v) is 7.12. The van der Waals surface area contributed by atoms with Gasteiger partial charge in [-0.15, -0.1) is 0 Å². The predicted octanol–water partition coefficient (Wildman–Crippen LogP) is 1.60. The van der Waals surface area contributed by atoms with Crippen LogP contribution in [0.5, 0.6) is 0 Å². The molecular formula is C10H9N3. The van der Waals surface area contributed by atoms with Crippen molar-refractivity contribution >= 4 is 16.6 Å². The fraction of sp³-hybridized carbons (Fsp3) is 0.200. The van der Waals surface area contributed by atoms with Crippen molar-refractivity contribution in [2.45, 2.75) is 6.42 Å². The Kier molecular flexibility index (Phi) is 1.27. The van der Waals surface area contributed by atoms with Crippen LogP contribution in [-0.4, -0.2) is 16.5 Å². The largest absolute Gasteiger partial charge is 0.384 e. The number of fused-ring (bicyclic) bond motifs is 3. The summed E-state index contributed by atoms with van der Waals surface area (Å²) < 4.78 is 0. The summed E-state index contributed by atoms with van der Waals surface area (Å²) in [6.45, 7) is 1.03. The van der Waals surface area contributed by atoms with E-state index in [-0.39, 0.29) is 0 Å². The molecule has 2 aromatic rings. The minimum Gasteiger partial charge on any atom is -0.384 e. The van der Waals surface area contributed by atoms with Crippen LogP contribution in [0, 0.1) is 0 Å². The third kappa shape index (κ3) is 0.900. The first-order chi connectivity index (χ1) is 6.45. The zero-order chi connectivity index (χ0) is 8.67. The second-order valence-corrected chi connectivity index (χ2v) is 3.23. The molecule has 1 aliphatic heterocycles. The molecule has 13 heavy (non-hydrogen) atoms. The van der Waals surface area contributed by atoms with Gasteiger partial charge in [0.05, 0.1) is 5.52 Å². The molecule has 0 atom stereocenters. The smallest absolute Gasteiger partial charge is 0.116 e. The Hall–Kier alpha value is -1.64. The van der Waals surface area contributed by atoms with Crippen molar-refractivity contribution in [1.29, 1.82) is 0 Å². The summed E-state index contributed by atoms with van der Waals surface area (Å²) in [5.41, 5.74) is 3.61. The van der Waals surface area contributed by atoms with Crippen LogP contribution in [0.1, 0.15) is 5.56 Å². The molecule has 64 valence electrons. The average molecular weight is 171 g/mol. The standard InChI is InChI=1S/C10H9N3/c1-2-9-8(5-11-6-13-9)10-7(1)3-4-12-10/h1-2,5-6,12H,3-4H2. The molecule has 0 aliphatic carbocycles. The van der Waals surface area contributed by atoms with E-state index in [9.17, 15) is 0 Å². The third-order valence-electron chi connectivity index (χ3n) is 2.47. The Morgan fingerprint density at radius 2 is 2.31 bits per heavy atom. The molecule has 0 amide bonds. The van der Waals surface area contributed by atoms with E-state index >= 15 is 0 Å². The van der Waals surface area contributed by atoms with Gasteiger partial charge in [-0.05, 0) is 18.1 Å². The molecule has 0 fully saturated rings. The maximum absolute atomic E-state index is 4.21. The fourth-order valence-corrected chi connectivity index (χ4v) is 1.84. The van der Waals surface area contributed by atoms with E-state index in [1.165, 1.54) is 11.3 Å². The number of nitrogens with one attached hydrogen (secondary N) is 1. The van der Waals surface area contributed by atoms with Crippen LogP contribution in [0.4, 0.5) is 5.69 Å². The Morgan fingerprint density at radius 1 is 1.31 bits per heavy atom. The van der Waals surface area contributed by atoms with Gasteiger partial charge in [0.25, 0.3) is 0 Å². The van der Waals surface area contributed by atoms with Gasteiger partial charge < -0.3 is 5.32 Å². The number of hydrogen-bond acceptors (Lipinski definition) is 3. The van der Waals surface area contributed by atoms with Gasteiger partial charge in [0, 0.05) is 23.8 Å². The SMILES string of the molecule is c1ncc2c3c(ccc2n1)CCN3. The summed E-state index contributed by atoms with van der Waals surface area (Å²) in [5.74, 6) is 0. The first kappa shape index (κ1) is 6.83. The highest BCUT2D eigenvalue weighted by molar-refractivity contribution is 5.93. The molecule has 1 aliphatic rings. The number of aromatic nitrogens is 2. The van der Waals surface area contributed by atoms with Gasteiger partial charge in [0.15, 0.2) is 0 Å². The van der Waals surface area contributed by atoms with Crippen molar-refractivity contribution in [3.8, 4) is 0 Å². The molecular weight excluding hydrogens is 162 g/mol. The summed E-state index contributed by atoms with van der Waals surface area (Å²) in [6.07, 6.45) is 4.57. The van der Waals surface area contributed by atoms with Crippen molar-refractivity contribution in [1.82, 2.24) is 9.97 Å². The van der Waals surface area contributed by atoms with Crippen molar-refractivity contribution < 1.29 is 0 Å². The molecule has 3 nitrogen and oxygen atoms in total. The lowest BCUT2D eigenvalue weighted by molar-refractivity contribution is 1.11. The Balaban J connectivity index is 2.43. The molecule has 2 heterocycles. The monoisotopic (exact) mass is 171 g/mol. The zero-order valence-electron chi connectivity index (χ0n) is 7.12. The van der Waals surface area contributed by atoms with E-state index in [0.29, 0.717) is 0 Å². The molecule has 1 N–H and O–H groups in total. The number of benzene rings is 1. The fourth-order valence-electron chi connectivity index (χ4n) is 1.84. The molecule has 0 unspecified atom stereocenters. The van der Waals surface area contributed by atoms with Crippen LogP contribution in [0.3, 0.4) is 0 Å². The molecule has 0 spiro atoms. The quantitative estimate of drug-likeness (QED) is 0.654. The predicted molar refractivity (Wildman–Crippen MR) is 51.7 cm³/mol. The number of nitrogens with zero attached hydrogens (tertiary/aromatic N) is 2. The highest BCUT2D eigenvalue weighted by Crippen LogP contribution is 2.29. The van der Waals surface area contributed by atoms with Crippen LogP contribution in [0.2, 0.25) is 0 Å². The van der Waals surface area contributed by atoms with Crippen LogP contribution >= 0.6 is 0 Å². The summed E-state index contributed by atoms with van der Waals surface area (Å²) >= 11 is 0. The lowest BCUT2D eigenvalue weighted by Crippen LogP contribution is -1.92. The number of hydrogen-bond donors (Lipinski definition) is 1. The van der Waals surface area contributed by atoms with Crippen molar-refractivity contribution in [3.63, 3.8) is 0 Å². The van der Waals surface area contributed by atoms with E-state index in [0.717, 1.165) is 23.9 Å². The first-order valence-electron chi connectivity index (χ1n) is 4.40. The summed E-state index contributed by atoms with van der Waals surface area (Å²) in [7, 11) is 0. The van der Waals surface area contributed by atoms with Gasteiger partial charge in [0.1, 0.15) is 6.33 Å². The van der Waals surface area contributed by atoms with Crippen molar-refractivity contribution in [3.05, 3.63) is 30.2 Å². The molecule has 0 radical (unpaired) electrons. The highest BCUT2D eigenvalue weighted by Gasteiger charge is 2.12. The van der Waals surface area contributed by atoms with Gasteiger partial charge in [-0.2, -0.15) is 0 Å². The molecule has 1 aromatic carbocycles. The molecule has 0 bridgehead atoms. The summed E-state index contributed by atoms with van der Waals surface area (Å²) in [5, 5.41) is 4.50. The normalized spacial score (nSPS) is 14.2. The second kappa shape index (κ2) is 2.42. The van der Waals surface area contributed by atoms with E-state index in [1.54, 1.807) is 6.33 Å². The van der Waals surface area contributed by atoms with Crippen molar-refractivity contribution in [2.24, 2.45) is 0 Å². The van der Waals surface area contributed by atoms with Gasteiger partial charge >= 0.3 is 0 Å². The average Bonchev–Trinajstić information content (AvgIpc) is 2.65. The minimum absolute atomic E-state index is 1.02. The number of rotatable bonds is 0. The Labute approximate surface area is 75.8 Å². The third-order valence-corrected chi connectivity index (χ3v) is 2.47. The number of anilines is 1. The van der Waals surface area contributed by atoms with Gasteiger partial charge in [0.2, 0.25) is 0 Å². The maximum atomic E-state index is 4.21. The van der Waals surface area contributed by atoms with Crippen LogP contribution in [-0.2, 0) is 6.42 Å². The Morgan fingerprint density at radius 3 is 3.31 bits per heavy atom. The minimum atomic E-state index is 1.02. The van der Waals surface area contributed by atoms with Gasteiger partial charge in [-0.1, -0.05) is 6.07 Å². The molecule has 1 aromatic heterocycles. The van der Waals surface area contributed by atoms with Crippen molar-refractivity contribution in [2.75, 3.05) is 11.9 Å². The molecule has 3 heteroatoms. The van der Waals surface area contributed by atoms with Crippen LogP contribution < -0.4 is 5.32 Å². The highest BCUT2D eigenvalue weighted by atomic mass is 14.9. The Bertz CT molecular complexity index is 465. The van der Waals surface area contributed by atoms with Gasteiger partial charge in [-0.3, -0.25) is 0 Å². The van der Waals surface area contributed by atoms with E-state index in [2.05, 4.69) is 27.4 Å². The van der Waals surface area contributed by atoms with E-state index in [4.69, 9.17) is 0 Å². The van der Waals surface area contributed by atoms with Crippen LogP contribution in [0.25, 0.3) is 10.9 Å². The lowest BCUT2D eigenvalue weighted by Gasteiger charge is -2.03. The molecule has 3 rings (SSSR count). The van der Waals surface area contributed by atoms with E-state index < -0.39 is 0 Å². The van der Waals surface area contributed by atoms with Gasteiger partial charge in [-0.25, -0.2) is 9.97 Å². The molecule has 0 saturated heterocycles. The maximum Gasteiger partial charge on any atom is 0.116 e. The first-order valence-corrected chi connectivity index (χ1v) is 4.40. The lowest BCUT2D eigenvalue weighted by atomic mass is 10.1. The van der Waals surface area contributed by atoms with E-state index in [1.807, 2.05) is 6.20 Å². The summed E-state index contributed by atoms with van der Waals surface area (Å²) in [4.78, 5) is 8.25. The summed E-state index contributed by atoms with van der Waals surface area (Å²) in [6, 6.07) is 4.20. The second-order valence-electron chi connectivity index (χ2n) is 3.23. The van der Waals surface area contributed by atoms with Crippen LogP contribution in [0.15, 0.2) is 24.7 Å². The molecule has 0 saturated carbocycles. The topological polar surface area (TPSA) is 37.8 Å².